The van der Waals surface area contributed by atoms with Gasteiger partial charge in [0.2, 0.25) is 17.8 Å². The maximum absolute atomic E-state index is 11.4. The molecule has 1 heterocycles. The van der Waals surface area contributed by atoms with Crippen LogP contribution >= 0.6 is 0 Å². The van der Waals surface area contributed by atoms with E-state index in [0.29, 0.717) is 0 Å². The highest BCUT2D eigenvalue weighted by Crippen LogP contribution is 2.01. The Bertz CT molecular complexity index is 263. The zero-order valence-corrected chi connectivity index (χ0v) is 7.09. The maximum atomic E-state index is 11.4. The van der Waals surface area contributed by atoms with Crippen molar-refractivity contribution >= 4 is 5.78 Å². The van der Waals surface area contributed by atoms with E-state index >= 15 is 0 Å². The van der Waals surface area contributed by atoms with Gasteiger partial charge in [-0.3, -0.25) is 4.79 Å². The number of aryl methyl sites for hydroxylation is 1. The predicted molar refractivity (Wildman–Crippen MR) is 41.1 cm³/mol. The molecule has 0 aliphatic heterocycles. The molecule has 0 aromatic carbocycles. The van der Waals surface area contributed by atoms with Crippen LogP contribution in [0.2, 0.25) is 0 Å². The van der Waals surface area contributed by atoms with Crippen molar-refractivity contribution in [3.8, 4) is 0 Å². The van der Waals surface area contributed by atoms with Gasteiger partial charge in [-0.1, -0.05) is 13.8 Å². The molecule has 1 rings (SSSR count). The highest BCUT2D eigenvalue weighted by atomic mass is 16.1. The van der Waals surface area contributed by atoms with Gasteiger partial charge in [-0.2, -0.15) is 0 Å². The Morgan fingerprint density at radius 3 is 2.64 bits per heavy atom. The Morgan fingerprint density at radius 2 is 2.27 bits per heavy atom. The van der Waals surface area contributed by atoms with Crippen LogP contribution in [0, 0.1) is 5.92 Å². The number of nitrogens with zero attached hydrogens (tertiary/aromatic N) is 1. The molecule has 0 bridgehead atoms. The lowest BCUT2D eigenvalue weighted by molar-refractivity contribution is -0.672. The van der Waals surface area contributed by atoms with Gasteiger partial charge in [0.05, 0.1) is 7.05 Å². The van der Waals surface area contributed by atoms with Gasteiger partial charge in [0.15, 0.2) is 0 Å². The Balaban J connectivity index is 2.93. The number of nitrogens with one attached hydrogen (secondary N) is 1. The van der Waals surface area contributed by atoms with Gasteiger partial charge in [-0.15, -0.1) is 0 Å². The fourth-order valence-corrected chi connectivity index (χ4v) is 0.940. The first-order valence-corrected chi connectivity index (χ1v) is 3.69. The molecule has 0 unspecified atom stereocenters. The van der Waals surface area contributed by atoms with Gasteiger partial charge >= 0.3 is 0 Å². The highest BCUT2D eigenvalue weighted by Gasteiger charge is 2.17. The Morgan fingerprint density at radius 1 is 1.64 bits per heavy atom. The third kappa shape index (κ3) is 1.48. The van der Waals surface area contributed by atoms with Crippen molar-refractivity contribution in [2.45, 2.75) is 13.8 Å². The molecule has 60 valence electrons. The average molecular weight is 153 g/mol. The van der Waals surface area contributed by atoms with Crippen molar-refractivity contribution in [1.82, 2.24) is 4.98 Å². The molecule has 0 atom stereocenters. The summed E-state index contributed by atoms with van der Waals surface area (Å²) in [6.45, 7) is 3.80. The molecule has 0 fully saturated rings. The predicted octanol–water partition coefficient (Wildman–Crippen LogP) is 0.678. The minimum Gasteiger partial charge on any atom is -0.290 e. The molecule has 0 saturated heterocycles. The van der Waals surface area contributed by atoms with Crippen molar-refractivity contribution in [2.24, 2.45) is 13.0 Å². The van der Waals surface area contributed by atoms with Crippen LogP contribution in [-0.2, 0) is 7.05 Å². The van der Waals surface area contributed by atoms with E-state index in [9.17, 15) is 4.79 Å². The molecule has 0 amide bonds. The minimum atomic E-state index is 0.0667. The number of rotatable bonds is 2. The summed E-state index contributed by atoms with van der Waals surface area (Å²) in [5, 5.41) is 0. The summed E-state index contributed by atoms with van der Waals surface area (Å²) >= 11 is 0. The molecule has 1 N–H and O–H groups in total. The lowest BCUT2D eigenvalue weighted by Crippen LogP contribution is -2.34. The van der Waals surface area contributed by atoms with Gasteiger partial charge in [-0.05, 0) is 0 Å². The van der Waals surface area contributed by atoms with E-state index in [4.69, 9.17) is 0 Å². The Hall–Kier alpha value is -1.12. The summed E-state index contributed by atoms with van der Waals surface area (Å²) < 4.78 is 1.79. The topological polar surface area (TPSA) is 36.7 Å². The Labute approximate surface area is 66.1 Å². The first-order valence-electron chi connectivity index (χ1n) is 3.69. The molecular formula is C8H13N2O+. The number of Topliss-reactive ketones (excluding diaryl/α,β-unsaturated/α-hetero) is 1. The number of carbonyl (C=O) groups excluding carboxylic acids is 1. The number of hydrogen-bond acceptors (Lipinski definition) is 1. The van der Waals surface area contributed by atoms with Gasteiger partial charge < -0.3 is 0 Å². The summed E-state index contributed by atoms with van der Waals surface area (Å²) in [7, 11) is 1.85. The van der Waals surface area contributed by atoms with E-state index in [1.165, 1.54) is 0 Å². The molecule has 0 radical (unpaired) electrons. The van der Waals surface area contributed by atoms with E-state index in [1.807, 2.05) is 20.9 Å². The molecule has 3 heteroatoms. The molecular weight excluding hydrogens is 140 g/mol. The quantitative estimate of drug-likeness (QED) is 0.492. The molecule has 11 heavy (non-hydrogen) atoms. The zero-order valence-electron chi connectivity index (χ0n) is 7.09. The van der Waals surface area contributed by atoms with E-state index in [2.05, 4.69) is 4.98 Å². The van der Waals surface area contributed by atoms with Crippen molar-refractivity contribution in [2.75, 3.05) is 0 Å². The average Bonchev–Trinajstić information content (AvgIpc) is 2.33. The summed E-state index contributed by atoms with van der Waals surface area (Å²) in [5.41, 5.74) is 0.736. The summed E-state index contributed by atoms with van der Waals surface area (Å²) in [6, 6.07) is 0. The van der Waals surface area contributed by atoms with Crippen LogP contribution in [0.25, 0.3) is 0 Å². The van der Waals surface area contributed by atoms with Gasteiger partial charge in [0.25, 0.3) is 0 Å². The lowest BCUT2D eigenvalue weighted by atomic mass is 10.1. The van der Waals surface area contributed by atoms with E-state index < -0.39 is 0 Å². The molecule has 0 aliphatic rings. The molecule has 0 saturated carbocycles. The number of ketones is 1. The molecule has 1 aromatic rings. The van der Waals surface area contributed by atoms with Crippen molar-refractivity contribution in [3.63, 3.8) is 0 Å². The van der Waals surface area contributed by atoms with Crippen molar-refractivity contribution in [3.05, 3.63) is 18.2 Å². The second kappa shape index (κ2) is 2.86. The third-order valence-electron chi connectivity index (χ3n) is 1.65. The van der Waals surface area contributed by atoms with Crippen LogP contribution in [0.5, 0.6) is 0 Å². The maximum Gasteiger partial charge on any atom is 0.241 e. The summed E-state index contributed by atoms with van der Waals surface area (Å²) in [4.78, 5) is 14.3. The summed E-state index contributed by atoms with van der Waals surface area (Å²) in [6.07, 6.45) is 3.48. The molecule has 1 aromatic heterocycles. The molecule has 0 spiro atoms. The SMILES string of the molecule is CC(C)C(=O)c1c[nH]c[n+]1C. The first-order chi connectivity index (χ1) is 5.13. The number of carbonyl (C=O) groups is 1. The molecule has 3 nitrogen and oxygen atoms in total. The fraction of sp³-hybridized carbons (Fsp3) is 0.500. The second-order valence-electron chi connectivity index (χ2n) is 2.96. The van der Waals surface area contributed by atoms with Crippen LogP contribution in [0.4, 0.5) is 0 Å². The lowest BCUT2D eigenvalue weighted by Gasteiger charge is -1.98. The van der Waals surface area contributed by atoms with Crippen molar-refractivity contribution in [1.29, 1.82) is 0 Å². The zero-order chi connectivity index (χ0) is 8.43. The van der Waals surface area contributed by atoms with Crippen LogP contribution < -0.4 is 4.57 Å². The molecule has 0 aliphatic carbocycles. The minimum absolute atomic E-state index is 0.0667. The van der Waals surface area contributed by atoms with Crippen molar-refractivity contribution < 1.29 is 9.36 Å². The van der Waals surface area contributed by atoms with Crippen LogP contribution in [0.3, 0.4) is 0 Å². The largest absolute Gasteiger partial charge is 0.290 e. The van der Waals surface area contributed by atoms with Gasteiger partial charge in [-0.25, -0.2) is 9.55 Å². The standard InChI is InChI=1S/C8H12N2O/c1-6(2)8(11)7-4-9-5-10(7)3/h4-6H,1-3H3/p+1. The van der Waals surface area contributed by atoms with Crippen LogP contribution in [-0.4, -0.2) is 10.8 Å². The fourth-order valence-electron chi connectivity index (χ4n) is 0.940. The van der Waals surface area contributed by atoms with Crippen LogP contribution in [0.15, 0.2) is 12.5 Å². The third-order valence-corrected chi connectivity index (χ3v) is 1.65. The number of aromatic nitrogens is 2. The number of imidazole rings is 1. The van der Waals surface area contributed by atoms with E-state index in [0.717, 1.165) is 5.69 Å². The first kappa shape index (κ1) is 7.98. The van der Waals surface area contributed by atoms with Crippen LogP contribution in [0.1, 0.15) is 24.3 Å². The Kier molecular flexibility index (Phi) is 2.08. The van der Waals surface area contributed by atoms with E-state index in [-0.39, 0.29) is 11.7 Å². The number of aromatic amines is 1. The highest BCUT2D eigenvalue weighted by molar-refractivity contribution is 5.94. The summed E-state index contributed by atoms with van der Waals surface area (Å²) in [5.74, 6) is 0.241. The monoisotopic (exact) mass is 153 g/mol. The van der Waals surface area contributed by atoms with Gasteiger partial charge in [0.1, 0.15) is 6.20 Å². The number of H-pyrrole nitrogens is 1. The smallest absolute Gasteiger partial charge is 0.241 e. The second-order valence-corrected chi connectivity index (χ2v) is 2.96. The normalized spacial score (nSPS) is 10.5. The van der Waals surface area contributed by atoms with Gasteiger partial charge in [0, 0.05) is 5.92 Å². The van der Waals surface area contributed by atoms with E-state index in [1.54, 1.807) is 17.1 Å². The number of hydrogen-bond donors (Lipinski definition) is 1.